The molecular formula is C14H17N3O5. The fraction of sp³-hybridized carbons (Fsp3) is 0.357. The van der Waals surface area contributed by atoms with Crippen LogP contribution < -0.4 is 20.7 Å². The average molecular weight is 307 g/mol. The van der Waals surface area contributed by atoms with Crippen molar-refractivity contribution < 1.29 is 14.6 Å². The van der Waals surface area contributed by atoms with Crippen LogP contribution >= 0.6 is 0 Å². The lowest BCUT2D eigenvalue weighted by atomic mass is 10.1. The molecule has 0 amide bonds. The third-order valence-corrected chi connectivity index (χ3v) is 3.12. The number of nitrogens with one attached hydrogen (secondary N) is 1. The molecule has 0 aliphatic carbocycles. The Hall–Kier alpha value is -2.61. The minimum Gasteiger partial charge on any atom is -0.497 e. The summed E-state index contributed by atoms with van der Waals surface area (Å²) < 4.78 is 11.4. The van der Waals surface area contributed by atoms with Crippen LogP contribution in [0.5, 0.6) is 11.5 Å². The molecule has 8 heteroatoms. The van der Waals surface area contributed by atoms with Gasteiger partial charge in [-0.25, -0.2) is 9.48 Å². The highest BCUT2D eigenvalue weighted by atomic mass is 16.5. The molecule has 2 rings (SSSR count). The van der Waals surface area contributed by atoms with Gasteiger partial charge in [-0.1, -0.05) is 6.07 Å². The van der Waals surface area contributed by atoms with E-state index < -0.39 is 11.2 Å². The molecule has 1 heterocycles. The van der Waals surface area contributed by atoms with Gasteiger partial charge in [-0.05, 0) is 6.07 Å². The molecule has 0 bridgehead atoms. The Morgan fingerprint density at radius 2 is 2.05 bits per heavy atom. The van der Waals surface area contributed by atoms with E-state index in [1.807, 2.05) is 0 Å². The smallest absolute Gasteiger partial charge is 0.344 e. The maximum Gasteiger partial charge on any atom is 0.344 e. The van der Waals surface area contributed by atoms with Gasteiger partial charge in [-0.3, -0.25) is 9.78 Å². The minimum absolute atomic E-state index is 0.0162. The molecule has 0 atom stereocenters. The van der Waals surface area contributed by atoms with E-state index in [0.29, 0.717) is 11.5 Å². The summed E-state index contributed by atoms with van der Waals surface area (Å²) in [5.74, 6) is 1.19. The molecule has 0 radical (unpaired) electrons. The molecule has 118 valence electrons. The summed E-state index contributed by atoms with van der Waals surface area (Å²) in [4.78, 5) is 25.6. The molecule has 0 fully saturated rings. The predicted molar refractivity (Wildman–Crippen MR) is 78.6 cm³/mol. The van der Waals surface area contributed by atoms with Gasteiger partial charge < -0.3 is 14.6 Å². The number of nitrogens with zero attached hydrogens (tertiary/aromatic N) is 2. The molecule has 0 saturated heterocycles. The second-order valence-corrected chi connectivity index (χ2v) is 4.51. The van der Waals surface area contributed by atoms with E-state index in [1.165, 1.54) is 7.11 Å². The Morgan fingerprint density at radius 1 is 1.27 bits per heavy atom. The lowest BCUT2D eigenvalue weighted by Crippen LogP contribution is -2.35. The van der Waals surface area contributed by atoms with Crippen molar-refractivity contribution in [1.82, 2.24) is 14.8 Å². The van der Waals surface area contributed by atoms with Crippen LogP contribution in [0.3, 0.4) is 0 Å². The fourth-order valence-corrected chi connectivity index (χ4v) is 2.01. The third-order valence-electron chi connectivity index (χ3n) is 3.12. The predicted octanol–water partition coefficient (Wildman–Crippen LogP) is -0.468. The normalized spacial score (nSPS) is 10.5. The molecule has 1 aromatic carbocycles. The number of H-pyrrole nitrogens is 1. The Balaban J connectivity index is 2.40. The summed E-state index contributed by atoms with van der Waals surface area (Å²) in [6, 6.07) is 5.21. The molecule has 1 aromatic heterocycles. The number of hydrogen-bond donors (Lipinski definition) is 2. The summed E-state index contributed by atoms with van der Waals surface area (Å²) in [5, 5.41) is 12.9. The molecular weight excluding hydrogens is 290 g/mol. The van der Waals surface area contributed by atoms with Gasteiger partial charge in [-0.15, -0.1) is 0 Å². The summed E-state index contributed by atoms with van der Waals surface area (Å²) in [6.45, 7) is -0.230. The van der Waals surface area contributed by atoms with Crippen LogP contribution in [0, 0.1) is 0 Å². The number of aliphatic hydroxyl groups excluding tert-OH is 1. The van der Waals surface area contributed by atoms with Gasteiger partial charge >= 0.3 is 5.69 Å². The monoisotopic (exact) mass is 307 g/mol. The van der Waals surface area contributed by atoms with E-state index >= 15 is 0 Å². The number of aromatic amines is 1. The molecule has 0 aliphatic rings. The van der Waals surface area contributed by atoms with Crippen LogP contribution in [0.1, 0.15) is 11.3 Å². The van der Waals surface area contributed by atoms with Crippen molar-refractivity contribution in [2.75, 3.05) is 20.8 Å². The highest BCUT2D eigenvalue weighted by molar-refractivity contribution is 5.42. The van der Waals surface area contributed by atoms with Crippen molar-refractivity contribution in [2.45, 2.75) is 13.0 Å². The van der Waals surface area contributed by atoms with Gasteiger partial charge in [0.15, 0.2) is 0 Å². The molecule has 2 aromatic rings. The number of aromatic nitrogens is 3. The van der Waals surface area contributed by atoms with Crippen LogP contribution in [-0.4, -0.2) is 40.7 Å². The highest BCUT2D eigenvalue weighted by Crippen LogP contribution is 2.25. The van der Waals surface area contributed by atoms with E-state index in [9.17, 15) is 9.59 Å². The largest absolute Gasteiger partial charge is 0.497 e. The first-order valence-electron chi connectivity index (χ1n) is 6.61. The number of methoxy groups -OCH3 is 2. The van der Waals surface area contributed by atoms with E-state index in [0.717, 1.165) is 10.2 Å². The highest BCUT2D eigenvalue weighted by Gasteiger charge is 2.12. The van der Waals surface area contributed by atoms with Gasteiger partial charge in [0, 0.05) is 18.1 Å². The van der Waals surface area contributed by atoms with E-state index in [1.54, 1.807) is 25.3 Å². The van der Waals surface area contributed by atoms with Crippen molar-refractivity contribution in [3.05, 3.63) is 50.3 Å². The SMILES string of the molecule is COc1ccc(Cc2nn(CCO)c(=O)[nH]c2=O)c(OC)c1. The first kappa shape index (κ1) is 15.8. The van der Waals surface area contributed by atoms with Crippen molar-refractivity contribution in [3.63, 3.8) is 0 Å². The van der Waals surface area contributed by atoms with Crippen LogP contribution in [0.25, 0.3) is 0 Å². The lowest BCUT2D eigenvalue weighted by Gasteiger charge is -2.10. The van der Waals surface area contributed by atoms with Gasteiger partial charge in [0.1, 0.15) is 17.2 Å². The number of benzene rings is 1. The summed E-state index contributed by atoms with van der Waals surface area (Å²) >= 11 is 0. The Bertz CT molecular complexity index is 766. The van der Waals surface area contributed by atoms with E-state index in [2.05, 4.69) is 10.1 Å². The first-order valence-corrected chi connectivity index (χ1v) is 6.61. The zero-order valence-electron chi connectivity index (χ0n) is 12.3. The van der Waals surface area contributed by atoms with Crippen LogP contribution in [0.15, 0.2) is 27.8 Å². The van der Waals surface area contributed by atoms with Crippen LogP contribution in [0.4, 0.5) is 0 Å². The summed E-state index contributed by atoms with van der Waals surface area (Å²) in [7, 11) is 3.06. The van der Waals surface area contributed by atoms with Crippen molar-refractivity contribution >= 4 is 0 Å². The number of aliphatic hydroxyl groups is 1. The van der Waals surface area contributed by atoms with E-state index in [-0.39, 0.29) is 25.3 Å². The quantitative estimate of drug-likeness (QED) is 0.747. The summed E-state index contributed by atoms with van der Waals surface area (Å²) in [6.07, 6.45) is 0.189. The number of hydrogen-bond acceptors (Lipinski definition) is 6. The Morgan fingerprint density at radius 3 is 2.68 bits per heavy atom. The standard InChI is InChI=1S/C14H17N3O5/c1-21-10-4-3-9(12(8-10)22-2)7-11-13(19)15-14(20)17(16-11)5-6-18/h3-4,8,18H,5-7H2,1-2H3,(H,15,19,20). The molecule has 0 saturated carbocycles. The molecule has 22 heavy (non-hydrogen) atoms. The molecule has 8 nitrogen and oxygen atoms in total. The van der Waals surface area contributed by atoms with E-state index in [4.69, 9.17) is 14.6 Å². The van der Waals surface area contributed by atoms with Gasteiger partial charge in [0.05, 0.1) is 27.4 Å². The third kappa shape index (κ3) is 3.34. The lowest BCUT2D eigenvalue weighted by molar-refractivity contribution is 0.264. The average Bonchev–Trinajstić information content (AvgIpc) is 2.52. The molecule has 0 spiro atoms. The Kier molecular flexibility index (Phi) is 4.95. The van der Waals surface area contributed by atoms with Gasteiger partial charge in [-0.2, -0.15) is 5.10 Å². The Labute approximate surface area is 125 Å². The molecule has 0 aliphatic heterocycles. The number of ether oxygens (including phenoxy) is 2. The maximum absolute atomic E-state index is 11.9. The molecule has 0 unspecified atom stereocenters. The van der Waals surface area contributed by atoms with Crippen LogP contribution in [0.2, 0.25) is 0 Å². The topological polar surface area (TPSA) is 106 Å². The van der Waals surface area contributed by atoms with Crippen molar-refractivity contribution in [2.24, 2.45) is 0 Å². The summed E-state index contributed by atoms with van der Waals surface area (Å²) in [5.41, 5.74) is -0.312. The second kappa shape index (κ2) is 6.90. The zero-order chi connectivity index (χ0) is 16.1. The fourth-order valence-electron chi connectivity index (χ4n) is 2.01. The maximum atomic E-state index is 11.9. The first-order chi connectivity index (χ1) is 10.6. The van der Waals surface area contributed by atoms with Gasteiger partial charge in [0.2, 0.25) is 0 Å². The van der Waals surface area contributed by atoms with Crippen molar-refractivity contribution in [3.8, 4) is 11.5 Å². The minimum atomic E-state index is -0.649. The van der Waals surface area contributed by atoms with Gasteiger partial charge in [0.25, 0.3) is 5.56 Å². The van der Waals surface area contributed by atoms with Crippen LogP contribution in [-0.2, 0) is 13.0 Å². The molecule has 2 N–H and O–H groups in total. The second-order valence-electron chi connectivity index (χ2n) is 4.51. The zero-order valence-corrected chi connectivity index (χ0v) is 12.3. The number of rotatable bonds is 6. The van der Waals surface area contributed by atoms with Crippen molar-refractivity contribution in [1.29, 1.82) is 0 Å².